The zero-order valence-electron chi connectivity index (χ0n) is 33.7. The quantitative estimate of drug-likeness (QED) is 0.161. The molecule has 4 heteroatoms. The Morgan fingerprint density at radius 2 is 1.02 bits per heavy atom. The fourth-order valence-electron chi connectivity index (χ4n) is 9.34. The molecule has 0 fully saturated rings. The van der Waals surface area contributed by atoms with Crippen LogP contribution in [-0.4, -0.2) is 19.1 Å². The molecule has 0 amide bonds. The van der Waals surface area contributed by atoms with Gasteiger partial charge in [-0.3, -0.25) is 4.57 Å². The molecular formula is C58H38N4. The topological polar surface area (TPSA) is 35.6 Å². The van der Waals surface area contributed by atoms with Gasteiger partial charge < -0.3 is 4.57 Å². The summed E-state index contributed by atoms with van der Waals surface area (Å²) in [5.74, 6) is 0.638. The van der Waals surface area contributed by atoms with Gasteiger partial charge in [-0.05, 0) is 87.8 Å². The van der Waals surface area contributed by atoms with Crippen molar-refractivity contribution in [2.75, 3.05) is 0 Å². The maximum absolute atomic E-state index is 5.51. The average molecular weight is 791 g/mol. The summed E-state index contributed by atoms with van der Waals surface area (Å²) in [6, 6.07) is 79.9. The third-order valence-electron chi connectivity index (χ3n) is 12.1. The highest BCUT2D eigenvalue weighted by Gasteiger charge is 2.22. The second-order valence-electron chi connectivity index (χ2n) is 15.8. The van der Waals surface area contributed by atoms with Crippen LogP contribution in [0, 0.1) is 0 Å². The van der Waals surface area contributed by atoms with Crippen LogP contribution in [0.25, 0.3) is 100 Å². The van der Waals surface area contributed by atoms with Crippen LogP contribution in [0.2, 0.25) is 0 Å². The number of nitrogens with zero attached hydrogens (tertiary/aromatic N) is 4. The molecule has 4 nitrogen and oxygen atoms in total. The van der Waals surface area contributed by atoms with Gasteiger partial charge in [-0.2, -0.15) is 0 Å². The molecule has 0 aliphatic heterocycles. The Bertz CT molecular complexity index is 3670. The van der Waals surface area contributed by atoms with E-state index in [9.17, 15) is 0 Å². The highest BCUT2D eigenvalue weighted by molar-refractivity contribution is 6.22. The van der Waals surface area contributed by atoms with E-state index >= 15 is 0 Å². The van der Waals surface area contributed by atoms with Gasteiger partial charge in [0.1, 0.15) is 0 Å². The number of hydrogen-bond acceptors (Lipinski definition) is 2. The highest BCUT2D eigenvalue weighted by Crippen LogP contribution is 2.42. The number of fused-ring (bicyclic) bond motifs is 7. The molecule has 62 heavy (non-hydrogen) atoms. The first kappa shape index (κ1) is 35.6. The highest BCUT2D eigenvalue weighted by atomic mass is 15.2. The van der Waals surface area contributed by atoms with Crippen LogP contribution in [0.4, 0.5) is 0 Å². The SMILES string of the molecule is C(=C(/c1ccccc1)c1cc2c3ccccc3n(-c3nc(-c4cccc(-c5ccccc5)c4)c4ccccc4n3)c2c2ccccc12)/c1cc2ccccc2n1-c1ccccc1. The Labute approximate surface area is 359 Å². The van der Waals surface area contributed by atoms with Crippen molar-refractivity contribution in [2.45, 2.75) is 0 Å². The molecular weight excluding hydrogens is 753 g/mol. The zero-order valence-corrected chi connectivity index (χ0v) is 33.7. The van der Waals surface area contributed by atoms with Gasteiger partial charge in [0.15, 0.2) is 0 Å². The van der Waals surface area contributed by atoms with Crippen LogP contribution in [0.15, 0.2) is 224 Å². The largest absolute Gasteiger partial charge is 0.310 e. The second kappa shape index (κ2) is 14.7. The molecule has 0 atom stereocenters. The van der Waals surface area contributed by atoms with E-state index < -0.39 is 0 Å². The molecule has 0 spiro atoms. The van der Waals surface area contributed by atoms with E-state index in [-0.39, 0.29) is 0 Å². The first-order valence-electron chi connectivity index (χ1n) is 21.1. The second-order valence-corrected chi connectivity index (χ2v) is 15.8. The maximum Gasteiger partial charge on any atom is 0.235 e. The normalized spacial score (nSPS) is 12.0. The van der Waals surface area contributed by atoms with Crippen LogP contribution in [-0.2, 0) is 0 Å². The van der Waals surface area contributed by atoms with Crippen molar-refractivity contribution in [3.05, 3.63) is 241 Å². The maximum atomic E-state index is 5.51. The molecule has 3 aromatic heterocycles. The van der Waals surface area contributed by atoms with Gasteiger partial charge in [0, 0.05) is 43.9 Å². The fourth-order valence-corrected chi connectivity index (χ4v) is 9.34. The minimum Gasteiger partial charge on any atom is -0.310 e. The molecule has 0 saturated heterocycles. The molecule has 0 aliphatic carbocycles. The Hall–Kier alpha value is -8.34. The third kappa shape index (κ3) is 5.92. The lowest BCUT2D eigenvalue weighted by molar-refractivity contribution is 1.02. The first-order chi connectivity index (χ1) is 30.8. The molecule has 290 valence electrons. The van der Waals surface area contributed by atoms with Crippen molar-refractivity contribution in [3.8, 4) is 34.0 Å². The van der Waals surface area contributed by atoms with Crippen molar-refractivity contribution >= 4 is 66.0 Å². The summed E-state index contributed by atoms with van der Waals surface area (Å²) in [6.45, 7) is 0. The van der Waals surface area contributed by atoms with E-state index in [4.69, 9.17) is 9.97 Å². The molecule has 12 aromatic rings. The van der Waals surface area contributed by atoms with Crippen molar-refractivity contribution in [1.82, 2.24) is 19.1 Å². The summed E-state index contributed by atoms with van der Waals surface area (Å²) in [7, 11) is 0. The van der Waals surface area contributed by atoms with Crippen molar-refractivity contribution in [2.24, 2.45) is 0 Å². The minimum atomic E-state index is 0.638. The molecule has 0 bridgehead atoms. The summed E-state index contributed by atoms with van der Waals surface area (Å²) in [5, 5.41) is 6.78. The minimum absolute atomic E-state index is 0.638. The lowest BCUT2D eigenvalue weighted by atomic mass is 9.90. The van der Waals surface area contributed by atoms with Crippen LogP contribution in [0.1, 0.15) is 16.8 Å². The molecule has 0 saturated carbocycles. The van der Waals surface area contributed by atoms with Crippen molar-refractivity contribution in [3.63, 3.8) is 0 Å². The number of para-hydroxylation sites is 4. The molecule has 0 N–H and O–H groups in total. The van der Waals surface area contributed by atoms with Gasteiger partial charge in [0.05, 0.1) is 27.8 Å². The molecule has 0 radical (unpaired) electrons. The summed E-state index contributed by atoms with van der Waals surface area (Å²) >= 11 is 0. The van der Waals surface area contributed by atoms with E-state index in [0.29, 0.717) is 5.95 Å². The summed E-state index contributed by atoms with van der Waals surface area (Å²) in [4.78, 5) is 10.9. The van der Waals surface area contributed by atoms with Crippen LogP contribution >= 0.6 is 0 Å². The van der Waals surface area contributed by atoms with Gasteiger partial charge >= 0.3 is 0 Å². The summed E-state index contributed by atoms with van der Waals surface area (Å²) in [6.07, 6.45) is 2.37. The van der Waals surface area contributed by atoms with Gasteiger partial charge in [-0.15, -0.1) is 0 Å². The van der Waals surface area contributed by atoms with Crippen LogP contribution < -0.4 is 0 Å². The van der Waals surface area contributed by atoms with Crippen LogP contribution in [0.3, 0.4) is 0 Å². The van der Waals surface area contributed by atoms with Gasteiger partial charge in [-0.1, -0.05) is 176 Å². The van der Waals surface area contributed by atoms with Crippen molar-refractivity contribution < 1.29 is 0 Å². The van der Waals surface area contributed by atoms with E-state index in [1.54, 1.807) is 0 Å². The number of rotatable bonds is 7. The standard InChI is InChI=1S/C58H38N4/c1-4-19-39(20-5-1)41-24-18-25-43(35-41)56-49-31-13-15-32-53(49)59-58(60-56)62-55-34-17-14-29-47(55)52-38-51(46-28-11-12-30-48(46)57(52)62)50(40-21-6-2-7-22-40)37-45-36-42-23-10-16-33-54(42)61(45)44-26-8-3-9-27-44/h1-38H/b50-37+. The molecule has 12 rings (SSSR count). The third-order valence-corrected chi connectivity index (χ3v) is 12.1. The molecule has 0 aliphatic rings. The number of aromatic nitrogens is 4. The van der Waals surface area contributed by atoms with Gasteiger partial charge in [0.2, 0.25) is 5.95 Å². The van der Waals surface area contributed by atoms with Gasteiger partial charge in [0.25, 0.3) is 0 Å². The smallest absolute Gasteiger partial charge is 0.235 e. The molecule has 0 unspecified atom stereocenters. The average Bonchev–Trinajstić information content (AvgIpc) is 3.89. The molecule has 9 aromatic carbocycles. The number of benzene rings is 9. The van der Waals surface area contributed by atoms with Gasteiger partial charge in [-0.25, -0.2) is 9.97 Å². The van der Waals surface area contributed by atoms with E-state index in [1.807, 2.05) is 0 Å². The predicted octanol–water partition coefficient (Wildman–Crippen LogP) is 14.7. The predicted molar refractivity (Wildman–Crippen MR) is 259 cm³/mol. The lowest BCUT2D eigenvalue weighted by Crippen LogP contribution is -2.04. The van der Waals surface area contributed by atoms with Crippen LogP contribution in [0.5, 0.6) is 0 Å². The lowest BCUT2D eigenvalue weighted by Gasteiger charge is -2.16. The Morgan fingerprint density at radius 1 is 0.403 bits per heavy atom. The first-order valence-corrected chi connectivity index (χ1v) is 21.1. The van der Waals surface area contributed by atoms with E-state index in [1.165, 1.54) is 16.5 Å². The Morgan fingerprint density at radius 3 is 1.82 bits per heavy atom. The Kier molecular flexibility index (Phi) is 8.46. The summed E-state index contributed by atoms with van der Waals surface area (Å²) < 4.78 is 4.65. The zero-order chi connectivity index (χ0) is 41.0. The van der Waals surface area contributed by atoms with E-state index in [2.05, 4.69) is 240 Å². The van der Waals surface area contributed by atoms with E-state index in [0.717, 1.165) is 88.4 Å². The monoisotopic (exact) mass is 790 g/mol. The van der Waals surface area contributed by atoms with Crippen molar-refractivity contribution in [1.29, 1.82) is 0 Å². The summed E-state index contributed by atoms with van der Waals surface area (Å²) in [5.41, 5.74) is 14.1. The fraction of sp³-hybridized carbons (Fsp3) is 0. The number of hydrogen-bond donors (Lipinski definition) is 0. The molecule has 3 heterocycles. The Balaban J connectivity index is 1.14.